The summed E-state index contributed by atoms with van der Waals surface area (Å²) in [6.07, 6.45) is 1.93. The SMILES string of the molecule is CC(C)(C)OC(=O)NCC1CCC(C(=O)N[C@@H](Cc2ccc(-c3ccccc3C(N)=O)cc2)C(=O)Nc2ccc(-c3n[nH]c(C(F)(F)C(F)(F)C(=O)O)n3)cc2)CC1. The molecule has 0 radical (unpaired) electrons. The van der Waals surface area contributed by atoms with Crippen molar-refractivity contribution in [2.75, 3.05) is 11.9 Å². The van der Waals surface area contributed by atoms with Crippen LogP contribution in [0.5, 0.6) is 0 Å². The maximum absolute atomic E-state index is 14.2. The van der Waals surface area contributed by atoms with Gasteiger partial charge in [-0.25, -0.2) is 14.6 Å². The quantitative estimate of drug-likeness (QED) is 0.0817. The molecule has 0 spiro atoms. The molecule has 4 aromatic rings. The number of hydrogen-bond acceptors (Lipinski definition) is 8. The zero-order chi connectivity index (χ0) is 42.4. The van der Waals surface area contributed by atoms with E-state index in [1.807, 2.05) is 0 Å². The van der Waals surface area contributed by atoms with E-state index in [0.717, 1.165) is 0 Å². The predicted molar refractivity (Wildman–Crippen MR) is 203 cm³/mol. The van der Waals surface area contributed by atoms with Crippen molar-refractivity contribution in [1.82, 2.24) is 25.8 Å². The van der Waals surface area contributed by atoms with Crippen LogP contribution in [-0.4, -0.2) is 74.2 Å². The van der Waals surface area contributed by atoms with Gasteiger partial charge in [0.2, 0.25) is 23.5 Å². The number of aromatic amines is 1. The minimum absolute atomic E-state index is 0.0672. The van der Waals surface area contributed by atoms with E-state index in [-0.39, 0.29) is 29.5 Å². The van der Waals surface area contributed by atoms with Crippen LogP contribution in [0.1, 0.15) is 68.2 Å². The molecule has 1 aromatic heterocycles. The minimum atomic E-state index is -5.46. The van der Waals surface area contributed by atoms with Gasteiger partial charge in [0, 0.05) is 35.7 Å². The summed E-state index contributed by atoms with van der Waals surface area (Å²) in [7, 11) is 0. The van der Waals surface area contributed by atoms with Crippen molar-refractivity contribution >= 4 is 35.5 Å². The van der Waals surface area contributed by atoms with Gasteiger partial charge in [-0.05, 0) is 99.4 Å². The van der Waals surface area contributed by atoms with Gasteiger partial charge in [-0.15, -0.1) is 0 Å². The first-order valence-corrected chi connectivity index (χ1v) is 18.3. The fraction of sp³-hybridized carbons (Fsp3) is 0.375. The van der Waals surface area contributed by atoms with E-state index < -0.39 is 64.9 Å². The number of nitrogens with one attached hydrogen (secondary N) is 4. The smallest absolute Gasteiger partial charge is 0.411 e. The van der Waals surface area contributed by atoms with E-state index in [0.29, 0.717) is 54.5 Å². The molecule has 14 nitrogen and oxygen atoms in total. The van der Waals surface area contributed by atoms with Gasteiger partial charge in [0.1, 0.15) is 11.6 Å². The third kappa shape index (κ3) is 10.3. The number of halogens is 4. The van der Waals surface area contributed by atoms with Crippen molar-refractivity contribution in [3.63, 3.8) is 0 Å². The highest BCUT2D eigenvalue weighted by molar-refractivity contribution is 6.00. The van der Waals surface area contributed by atoms with E-state index in [1.54, 1.807) is 74.4 Å². The number of H-pyrrole nitrogens is 1. The summed E-state index contributed by atoms with van der Waals surface area (Å²) in [5.74, 6) is -17.5. The van der Waals surface area contributed by atoms with Crippen molar-refractivity contribution in [2.24, 2.45) is 17.6 Å². The second-order valence-corrected chi connectivity index (χ2v) is 15.0. The number of rotatable bonds is 14. The number of carbonyl (C=O) groups is 5. The number of alkyl halides is 4. The molecule has 308 valence electrons. The normalized spacial score (nSPS) is 16.5. The van der Waals surface area contributed by atoms with Crippen LogP contribution in [0.2, 0.25) is 0 Å². The lowest BCUT2D eigenvalue weighted by molar-refractivity contribution is -0.231. The molecular formula is C40H43F4N7O7. The molecule has 0 bridgehead atoms. The third-order valence-corrected chi connectivity index (χ3v) is 9.54. The van der Waals surface area contributed by atoms with Crippen LogP contribution in [0.25, 0.3) is 22.5 Å². The van der Waals surface area contributed by atoms with Crippen molar-refractivity contribution in [3.8, 4) is 22.5 Å². The summed E-state index contributed by atoms with van der Waals surface area (Å²) in [5.41, 5.74) is 7.58. The summed E-state index contributed by atoms with van der Waals surface area (Å²) in [4.78, 5) is 65.7. The number of carboxylic acid groups (broad SMARTS) is 1. The van der Waals surface area contributed by atoms with Crippen molar-refractivity contribution < 1.29 is 51.4 Å². The molecule has 0 aliphatic heterocycles. The molecule has 0 saturated heterocycles. The monoisotopic (exact) mass is 809 g/mol. The Hall–Kier alpha value is -6.33. The first-order chi connectivity index (χ1) is 27.2. The predicted octanol–water partition coefficient (Wildman–Crippen LogP) is 6.05. The van der Waals surface area contributed by atoms with Gasteiger partial charge in [-0.1, -0.05) is 42.5 Å². The maximum atomic E-state index is 14.2. The van der Waals surface area contributed by atoms with Crippen molar-refractivity contribution in [1.29, 1.82) is 0 Å². The molecule has 1 heterocycles. The van der Waals surface area contributed by atoms with Gasteiger partial charge in [0.15, 0.2) is 5.82 Å². The van der Waals surface area contributed by atoms with Crippen LogP contribution in [0.15, 0.2) is 72.8 Å². The molecule has 1 aliphatic rings. The van der Waals surface area contributed by atoms with Crippen LogP contribution in [-0.2, 0) is 31.5 Å². The topological polar surface area (TPSA) is 218 Å². The van der Waals surface area contributed by atoms with Crippen LogP contribution in [0.3, 0.4) is 0 Å². The fourth-order valence-electron chi connectivity index (χ4n) is 6.42. The number of alkyl carbamates (subject to hydrolysis) is 1. The van der Waals surface area contributed by atoms with Crippen LogP contribution in [0, 0.1) is 11.8 Å². The van der Waals surface area contributed by atoms with E-state index in [1.165, 1.54) is 24.3 Å². The molecule has 0 unspecified atom stereocenters. The average molecular weight is 810 g/mol. The third-order valence-electron chi connectivity index (χ3n) is 9.54. The Bertz CT molecular complexity index is 2130. The number of amides is 4. The minimum Gasteiger partial charge on any atom is -0.477 e. The molecular weight excluding hydrogens is 766 g/mol. The van der Waals surface area contributed by atoms with Crippen molar-refractivity contribution in [2.45, 2.75) is 76.4 Å². The first kappa shape index (κ1) is 42.8. The molecule has 1 saturated carbocycles. The second kappa shape index (κ2) is 17.4. The fourth-order valence-corrected chi connectivity index (χ4v) is 6.42. The Kier molecular flexibility index (Phi) is 12.9. The molecule has 18 heteroatoms. The summed E-state index contributed by atoms with van der Waals surface area (Å²) in [6, 6.07) is 18.2. The second-order valence-electron chi connectivity index (χ2n) is 15.0. The zero-order valence-corrected chi connectivity index (χ0v) is 31.8. The molecule has 1 atom stereocenters. The first-order valence-electron chi connectivity index (χ1n) is 18.3. The summed E-state index contributed by atoms with van der Waals surface area (Å²) < 4.78 is 61.2. The van der Waals surface area contributed by atoms with Crippen LogP contribution in [0.4, 0.5) is 28.0 Å². The van der Waals surface area contributed by atoms with E-state index >= 15 is 0 Å². The lowest BCUT2D eigenvalue weighted by Crippen LogP contribution is -2.48. The Morgan fingerprint density at radius 2 is 1.52 bits per heavy atom. The van der Waals surface area contributed by atoms with Gasteiger partial charge in [0.05, 0.1) is 0 Å². The molecule has 1 aliphatic carbocycles. The highest BCUT2D eigenvalue weighted by Crippen LogP contribution is 2.42. The Morgan fingerprint density at radius 1 is 0.897 bits per heavy atom. The average Bonchev–Trinajstić information content (AvgIpc) is 3.68. The Labute approximate surface area is 330 Å². The van der Waals surface area contributed by atoms with Gasteiger partial charge in [0.25, 0.3) is 0 Å². The Morgan fingerprint density at radius 3 is 2.12 bits per heavy atom. The molecule has 4 amide bonds. The molecule has 3 aromatic carbocycles. The lowest BCUT2D eigenvalue weighted by atomic mass is 9.81. The number of hydrogen-bond donors (Lipinski definition) is 6. The summed E-state index contributed by atoms with van der Waals surface area (Å²) in [6.45, 7) is 5.71. The van der Waals surface area contributed by atoms with Crippen LogP contribution >= 0.6 is 0 Å². The zero-order valence-electron chi connectivity index (χ0n) is 31.8. The number of nitrogens with zero attached hydrogens (tertiary/aromatic N) is 2. The molecule has 7 N–H and O–H groups in total. The number of carboxylic acids is 1. The van der Waals surface area contributed by atoms with E-state index in [4.69, 9.17) is 15.6 Å². The number of aromatic nitrogens is 3. The largest absolute Gasteiger partial charge is 0.477 e. The van der Waals surface area contributed by atoms with E-state index in [9.17, 15) is 41.5 Å². The number of carbonyl (C=O) groups excluding carboxylic acids is 4. The maximum Gasteiger partial charge on any atom is 0.411 e. The van der Waals surface area contributed by atoms with Crippen molar-refractivity contribution in [3.05, 3.63) is 89.7 Å². The van der Waals surface area contributed by atoms with Gasteiger partial charge in [-0.3, -0.25) is 19.5 Å². The number of primary amides is 1. The molecule has 58 heavy (non-hydrogen) atoms. The summed E-state index contributed by atoms with van der Waals surface area (Å²) in [5, 5.41) is 22.2. The highest BCUT2D eigenvalue weighted by atomic mass is 19.3. The van der Waals surface area contributed by atoms with Gasteiger partial charge in [-0.2, -0.15) is 22.7 Å². The number of benzene rings is 3. The lowest BCUT2D eigenvalue weighted by Gasteiger charge is -2.29. The van der Waals surface area contributed by atoms with Gasteiger partial charge >= 0.3 is 23.9 Å². The van der Waals surface area contributed by atoms with Gasteiger partial charge < -0.3 is 31.5 Å². The highest BCUT2D eigenvalue weighted by Gasteiger charge is 2.65. The standard InChI is InChI=1S/C40H43F4N7O7/c1-38(2,3)58-37(57)46-21-23-10-14-26(15-11-23)33(53)48-30(20-22-8-12-24(13-9-22)28-6-4-5-7-29(28)31(45)52)34(54)47-27-18-16-25(17-19-27)32-49-35(51-50-32)39(41,42)40(43,44)36(55)56/h4-9,12-13,16-19,23,26,30H,10-11,14-15,20-21H2,1-3H3,(H2,45,52)(H,46,57)(H,47,54)(H,48,53)(H,55,56)(H,49,50,51)/t23?,26?,30-/m0/s1. The van der Waals surface area contributed by atoms with E-state index in [2.05, 4.69) is 26.0 Å². The molecule has 5 rings (SSSR count). The molecule has 1 fully saturated rings. The van der Waals surface area contributed by atoms with Crippen LogP contribution < -0.4 is 21.7 Å². The number of nitrogens with two attached hydrogens (primary N) is 1. The summed E-state index contributed by atoms with van der Waals surface area (Å²) >= 11 is 0. The number of ether oxygens (including phenoxy) is 1. The Balaban J connectivity index is 1.29. The number of anilines is 1. The number of aliphatic carboxylic acids is 1.